The third-order valence-corrected chi connectivity index (χ3v) is 1.95. The second kappa shape index (κ2) is 7.07. The van der Waals surface area contributed by atoms with Crippen molar-refractivity contribution < 1.29 is 0 Å². The van der Waals surface area contributed by atoms with Gasteiger partial charge in [-0.1, -0.05) is 33.1 Å². The molecule has 0 saturated heterocycles. The number of hydrogen-bond acceptors (Lipinski definition) is 1. The lowest BCUT2D eigenvalue weighted by Crippen LogP contribution is -2.24. The van der Waals surface area contributed by atoms with Crippen LogP contribution >= 0.6 is 0 Å². The summed E-state index contributed by atoms with van der Waals surface area (Å²) < 4.78 is 0. The zero-order chi connectivity index (χ0) is 7.82. The quantitative estimate of drug-likeness (QED) is 0.602. The van der Waals surface area contributed by atoms with E-state index in [0.29, 0.717) is 0 Å². The molecule has 1 nitrogen and oxygen atoms in total. The summed E-state index contributed by atoms with van der Waals surface area (Å²) in [4.78, 5) is 0. The summed E-state index contributed by atoms with van der Waals surface area (Å²) in [7, 11) is 2.07. The summed E-state index contributed by atoms with van der Waals surface area (Å²) in [5.41, 5.74) is 0. The lowest BCUT2D eigenvalue weighted by Gasteiger charge is -2.13. The number of rotatable bonds is 6. The number of nitrogens with one attached hydrogen (secondary N) is 1. The molecule has 0 saturated carbocycles. The van der Waals surface area contributed by atoms with Gasteiger partial charge in [-0.2, -0.15) is 0 Å². The summed E-state index contributed by atoms with van der Waals surface area (Å²) in [5, 5.41) is 3.34. The minimum absolute atomic E-state index is 0.768. The Morgan fingerprint density at radius 1 is 1.10 bits per heavy atom. The average molecular weight is 143 g/mol. The van der Waals surface area contributed by atoms with E-state index >= 15 is 0 Å². The van der Waals surface area contributed by atoms with Crippen molar-refractivity contribution >= 4 is 0 Å². The second-order valence-electron chi connectivity index (χ2n) is 2.92. The summed E-state index contributed by atoms with van der Waals surface area (Å²) in [6.07, 6.45) is 6.67. The molecule has 0 aliphatic carbocycles. The first kappa shape index (κ1) is 9.96. The molecule has 1 N–H and O–H groups in total. The summed E-state index contributed by atoms with van der Waals surface area (Å²) >= 11 is 0. The van der Waals surface area contributed by atoms with Gasteiger partial charge in [0.15, 0.2) is 0 Å². The van der Waals surface area contributed by atoms with E-state index in [1.165, 1.54) is 32.1 Å². The molecule has 0 rings (SSSR count). The number of hydrogen-bond donors (Lipinski definition) is 1. The van der Waals surface area contributed by atoms with Gasteiger partial charge in [-0.25, -0.2) is 0 Å². The largest absolute Gasteiger partial charge is 0.317 e. The molecule has 1 heteroatoms. The molecule has 0 aromatic carbocycles. The maximum absolute atomic E-state index is 3.34. The molecular weight excluding hydrogens is 122 g/mol. The molecule has 0 fully saturated rings. The summed E-state index contributed by atoms with van der Waals surface area (Å²) in [6.45, 7) is 4.49. The van der Waals surface area contributed by atoms with Gasteiger partial charge in [0, 0.05) is 6.04 Å². The van der Waals surface area contributed by atoms with Crippen molar-refractivity contribution in [2.24, 2.45) is 0 Å². The SMILES string of the molecule is CCCC[C@H](CCC)NC. The topological polar surface area (TPSA) is 12.0 Å². The van der Waals surface area contributed by atoms with Crippen LogP contribution in [-0.2, 0) is 0 Å². The van der Waals surface area contributed by atoms with Gasteiger partial charge >= 0.3 is 0 Å². The van der Waals surface area contributed by atoms with E-state index in [1.807, 2.05) is 0 Å². The molecular formula is C9H21N. The van der Waals surface area contributed by atoms with E-state index in [1.54, 1.807) is 0 Å². The van der Waals surface area contributed by atoms with Crippen LogP contribution in [0.25, 0.3) is 0 Å². The zero-order valence-corrected chi connectivity index (χ0v) is 7.61. The van der Waals surface area contributed by atoms with Crippen LogP contribution in [0.3, 0.4) is 0 Å². The van der Waals surface area contributed by atoms with Crippen LogP contribution in [0, 0.1) is 0 Å². The molecule has 0 aliphatic rings. The Hall–Kier alpha value is -0.0400. The lowest BCUT2D eigenvalue weighted by molar-refractivity contribution is 0.467. The Labute approximate surface area is 65.2 Å². The third-order valence-electron chi connectivity index (χ3n) is 1.95. The normalized spacial score (nSPS) is 13.5. The summed E-state index contributed by atoms with van der Waals surface area (Å²) in [5.74, 6) is 0. The van der Waals surface area contributed by atoms with Crippen LogP contribution in [0.2, 0.25) is 0 Å². The van der Waals surface area contributed by atoms with Crippen molar-refractivity contribution in [3.63, 3.8) is 0 Å². The molecule has 0 aromatic heterocycles. The Balaban J connectivity index is 3.21. The van der Waals surface area contributed by atoms with Crippen LogP contribution < -0.4 is 5.32 Å². The second-order valence-corrected chi connectivity index (χ2v) is 2.92. The highest BCUT2D eigenvalue weighted by Crippen LogP contribution is 2.05. The maximum Gasteiger partial charge on any atom is 0.00639 e. The Bertz CT molecular complexity index is 61.7. The van der Waals surface area contributed by atoms with Crippen molar-refractivity contribution in [2.45, 2.75) is 52.0 Å². The van der Waals surface area contributed by atoms with Gasteiger partial charge < -0.3 is 5.32 Å². The van der Waals surface area contributed by atoms with Gasteiger partial charge in [0.2, 0.25) is 0 Å². The van der Waals surface area contributed by atoms with E-state index in [0.717, 1.165) is 6.04 Å². The minimum atomic E-state index is 0.768. The smallest absolute Gasteiger partial charge is 0.00639 e. The van der Waals surface area contributed by atoms with Crippen LogP contribution in [0.4, 0.5) is 0 Å². The predicted molar refractivity (Wildman–Crippen MR) is 47.3 cm³/mol. The van der Waals surface area contributed by atoms with Gasteiger partial charge in [-0.3, -0.25) is 0 Å². The lowest BCUT2D eigenvalue weighted by atomic mass is 10.1. The first-order valence-electron chi connectivity index (χ1n) is 4.52. The molecule has 62 valence electrons. The van der Waals surface area contributed by atoms with E-state index in [2.05, 4.69) is 26.2 Å². The molecule has 0 aliphatic heterocycles. The summed E-state index contributed by atoms with van der Waals surface area (Å²) in [6, 6.07) is 0.768. The molecule has 0 unspecified atom stereocenters. The van der Waals surface area contributed by atoms with E-state index in [4.69, 9.17) is 0 Å². The Kier molecular flexibility index (Phi) is 7.04. The Morgan fingerprint density at radius 2 is 1.80 bits per heavy atom. The molecule has 10 heavy (non-hydrogen) atoms. The van der Waals surface area contributed by atoms with Gasteiger partial charge in [-0.05, 0) is 19.9 Å². The standard InChI is InChI=1S/C9H21N/c1-4-6-8-9(10-3)7-5-2/h9-10H,4-8H2,1-3H3/t9-/m0/s1. The third kappa shape index (κ3) is 4.80. The predicted octanol–water partition coefficient (Wildman–Crippen LogP) is 2.56. The highest BCUT2D eigenvalue weighted by molar-refractivity contribution is 4.62. The van der Waals surface area contributed by atoms with Crippen molar-refractivity contribution in [2.75, 3.05) is 7.05 Å². The maximum atomic E-state index is 3.34. The number of unbranched alkanes of at least 4 members (excludes halogenated alkanes) is 1. The van der Waals surface area contributed by atoms with Crippen LogP contribution in [0.5, 0.6) is 0 Å². The fraction of sp³-hybridized carbons (Fsp3) is 1.00. The monoisotopic (exact) mass is 143 g/mol. The van der Waals surface area contributed by atoms with Crippen LogP contribution in [0.15, 0.2) is 0 Å². The van der Waals surface area contributed by atoms with Gasteiger partial charge in [0.25, 0.3) is 0 Å². The van der Waals surface area contributed by atoms with Crippen LogP contribution in [0.1, 0.15) is 46.0 Å². The first-order valence-corrected chi connectivity index (χ1v) is 4.52. The highest BCUT2D eigenvalue weighted by Gasteiger charge is 2.01. The molecule has 0 radical (unpaired) electrons. The molecule has 0 amide bonds. The molecule has 1 atom stereocenters. The minimum Gasteiger partial charge on any atom is -0.317 e. The first-order chi connectivity index (χ1) is 4.85. The molecule has 0 spiro atoms. The molecule has 0 aromatic rings. The average Bonchev–Trinajstić information content (AvgIpc) is 1.98. The van der Waals surface area contributed by atoms with Crippen molar-refractivity contribution in [1.82, 2.24) is 5.32 Å². The van der Waals surface area contributed by atoms with E-state index in [9.17, 15) is 0 Å². The van der Waals surface area contributed by atoms with Crippen molar-refractivity contribution in [1.29, 1.82) is 0 Å². The highest BCUT2D eigenvalue weighted by atomic mass is 14.9. The zero-order valence-electron chi connectivity index (χ0n) is 7.61. The fourth-order valence-corrected chi connectivity index (χ4v) is 1.23. The molecule has 0 bridgehead atoms. The van der Waals surface area contributed by atoms with Crippen molar-refractivity contribution in [3.8, 4) is 0 Å². The van der Waals surface area contributed by atoms with Gasteiger partial charge in [0.05, 0.1) is 0 Å². The van der Waals surface area contributed by atoms with Crippen molar-refractivity contribution in [3.05, 3.63) is 0 Å². The van der Waals surface area contributed by atoms with E-state index < -0.39 is 0 Å². The van der Waals surface area contributed by atoms with Gasteiger partial charge in [0.1, 0.15) is 0 Å². The van der Waals surface area contributed by atoms with Gasteiger partial charge in [-0.15, -0.1) is 0 Å². The fourth-order valence-electron chi connectivity index (χ4n) is 1.23. The van der Waals surface area contributed by atoms with E-state index in [-0.39, 0.29) is 0 Å². The molecule has 0 heterocycles. The van der Waals surface area contributed by atoms with Crippen LogP contribution in [-0.4, -0.2) is 13.1 Å². The Morgan fingerprint density at radius 3 is 2.20 bits per heavy atom.